The largest absolute Gasteiger partial charge is 0.508 e. The smallest absolute Gasteiger partial charge is 0.156 e. The number of ketones is 1. The van der Waals surface area contributed by atoms with Crippen LogP contribution < -0.4 is 0 Å². The fourth-order valence-corrected chi connectivity index (χ4v) is 1.73. The van der Waals surface area contributed by atoms with E-state index in [0.717, 1.165) is 16.7 Å². The minimum absolute atomic E-state index is 0.129. The van der Waals surface area contributed by atoms with Gasteiger partial charge in [0.15, 0.2) is 5.78 Å². The van der Waals surface area contributed by atoms with E-state index in [9.17, 15) is 9.90 Å². The third-order valence-electron chi connectivity index (χ3n) is 2.76. The Morgan fingerprint density at radius 2 is 2.06 bits per heavy atom. The average molecular weight is 232 g/mol. The van der Waals surface area contributed by atoms with Crippen LogP contribution in [0.4, 0.5) is 0 Å². The average Bonchev–Trinajstić information content (AvgIpc) is 2.20. The van der Waals surface area contributed by atoms with E-state index < -0.39 is 0 Å². The summed E-state index contributed by atoms with van der Waals surface area (Å²) in [6.45, 7) is 7.69. The van der Waals surface area contributed by atoms with Crippen LogP contribution in [-0.4, -0.2) is 10.9 Å². The highest BCUT2D eigenvalue weighted by Crippen LogP contribution is 2.25. The van der Waals surface area contributed by atoms with Crippen molar-refractivity contribution in [3.8, 4) is 5.75 Å². The van der Waals surface area contributed by atoms with Gasteiger partial charge in [0.2, 0.25) is 0 Å². The molecule has 0 fully saturated rings. The maximum Gasteiger partial charge on any atom is 0.156 e. The van der Waals surface area contributed by atoms with Crippen LogP contribution >= 0.6 is 0 Å². The number of hydrogen-bond acceptors (Lipinski definition) is 2. The van der Waals surface area contributed by atoms with Gasteiger partial charge >= 0.3 is 0 Å². The van der Waals surface area contributed by atoms with Gasteiger partial charge in [0, 0.05) is 6.42 Å². The second kappa shape index (κ2) is 5.67. The SMILES string of the molecule is CC(C)=CC(=O)C[C@H](C)c1ccc(C)c(O)c1. The molecule has 0 saturated heterocycles. The zero-order valence-corrected chi connectivity index (χ0v) is 10.9. The van der Waals surface area contributed by atoms with Crippen LogP contribution in [0.25, 0.3) is 0 Å². The molecule has 2 heteroatoms. The third kappa shape index (κ3) is 4.06. The molecule has 1 atom stereocenters. The molecular formula is C15H20O2. The van der Waals surface area contributed by atoms with E-state index in [1.165, 1.54) is 0 Å². The lowest BCUT2D eigenvalue weighted by Gasteiger charge is -2.11. The minimum atomic E-state index is 0.129. The molecule has 0 aromatic heterocycles. The van der Waals surface area contributed by atoms with Gasteiger partial charge in [-0.25, -0.2) is 0 Å². The molecule has 1 aromatic carbocycles. The van der Waals surface area contributed by atoms with Gasteiger partial charge in [0.1, 0.15) is 5.75 Å². The standard InChI is InChI=1S/C15H20O2/c1-10(2)7-14(16)8-12(4)13-6-5-11(3)15(17)9-13/h5-7,9,12,17H,8H2,1-4H3/t12-/m0/s1. The van der Waals surface area contributed by atoms with E-state index in [0.29, 0.717) is 12.2 Å². The van der Waals surface area contributed by atoms with Crippen LogP contribution in [0.3, 0.4) is 0 Å². The molecule has 1 aromatic rings. The number of phenols is 1. The lowest BCUT2D eigenvalue weighted by molar-refractivity contribution is -0.114. The van der Waals surface area contributed by atoms with E-state index >= 15 is 0 Å². The number of hydrogen-bond donors (Lipinski definition) is 1. The summed E-state index contributed by atoms with van der Waals surface area (Å²) in [7, 11) is 0. The van der Waals surface area contributed by atoms with Crippen LogP contribution in [0.5, 0.6) is 5.75 Å². The van der Waals surface area contributed by atoms with Crippen molar-refractivity contribution in [2.75, 3.05) is 0 Å². The summed E-state index contributed by atoms with van der Waals surface area (Å²) in [6.07, 6.45) is 2.15. The molecule has 2 nitrogen and oxygen atoms in total. The molecule has 0 bridgehead atoms. The second-order valence-electron chi connectivity index (χ2n) is 4.84. The van der Waals surface area contributed by atoms with Crippen molar-refractivity contribution < 1.29 is 9.90 Å². The molecule has 0 heterocycles. The first-order chi connectivity index (χ1) is 7.90. The Kier molecular flexibility index (Phi) is 4.50. The maximum absolute atomic E-state index is 11.7. The number of allylic oxidation sites excluding steroid dienone is 2. The Hall–Kier alpha value is -1.57. The molecular weight excluding hydrogens is 212 g/mol. The minimum Gasteiger partial charge on any atom is -0.508 e. The predicted molar refractivity (Wildman–Crippen MR) is 70.3 cm³/mol. The Morgan fingerprint density at radius 3 is 2.59 bits per heavy atom. The van der Waals surface area contributed by atoms with Gasteiger partial charge in [-0.2, -0.15) is 0 Å². The van der Waals surface area contributed by atoms with Crippen molar-refractivity contribution in [3.05, 3.63) is 41.0 Å². The summed E-state index contributed by atoms with van der Waals surface area (Å²) in [5.41, 5.74) is 2.88. The quantitative estimate of drug-likeness (QED) is 0.803. The molecule has 0 spiro atoms. The molecule has 1 rings (SSSR count). The Bertz CT molecular complexity index is 440. The molecule has 0 aliphatic heterocycles. The first-order valence-corrected chi connectivity index (χ1v) is 5.87. The van der Waals surface area contributed by atoms with Gasteiger partial charge in [-0.05, 0) is 50.0 Å². The number of phenolic OH excluding ortho intramolecular Hbond substituents is 1. The van der Waals surface area contributed by atoms with Crippen molar-refractivity contribution in [2.45, 2.75) is 40.0 Å². The van der Waals surface area contributed by atoms with Crippen LogP contribution in [0.1, 0.15) is 44.2 Å². The van der Waals surface area contributed by atoms with Crippen molar-refractivity contribution >= 4 is 5.78 Å². The van der Waals surface area contributed by atoms with Gasteiger partial charge in [-0.15, -0.1) is 0 Å². The van der Waals surface area contributed by atoms with E-state index in [1.807, 2.05) is 39.8 Å². The normalized spacial score (nSPS) is 12.0. The van der Waals surface area contributed by atoms with Crippen LogP contribution in [0, 0.1) is 6.92 Å². The number of carbonyl (C=O) groups excluding carboxylic acids is 1. The van der Waals surface area contributed by atoms with Gasteiger partial charge < -0.3 is 5.11 Å². The zero-order valence-electron chi connectivity index (χ0n) is 10.9. The molecule has 0 saturated carbocycles. The van der Waals surface area contributed by atoms with Crippen molar-refractivity contribution in [2.24, 2.45) is 0 Å². The monoisotopic (exact) mass is 232 g/mol. The molecule has 0 amide bonds. The first-order valence-electron chi connectivity index (χ1n) is 5.87. The maximum atomic E-state index is 11.7. The summed E-state index contributed by atoms with van der Waals surface area (Å²) in [4.78, 5) is 11.7. The highest BCUT2D eigenvalue weighted by molar-refractivity contribution is 5.90. The first kappa shape index (κ1) is 13.5. The van der Waals surface area contributed by atoms with E-state index in [-0.39, 0.29) is 11.7 Å². The highest BCUT2D eigenvalue weighted by Gasteiger charge is 2.10. The Balaban J connectivity index is 2.76. The van der Waals surface area contributed by atoms with E-state index in [2.05, 4.69) is 0 Å². The Labute approximate surface area is 103 Å². The second-order valence-corrected chi connectivity index (χ2v) is 4.84. The van der Waals surface area contributed by atoms with E-state index in [4.69, 9.17) is 0 Å². The van der Waals surface area contributed by atoms with E-state index in [1.54, 1.807) is 12.1 Å². The van der Waals surface area contributed by atoms with Crippen LogP contribution in [-0.2, 0) is 4.79 Å². The fourth-order valence-electron chi connectivity index (χ4n) is 1.73. The third-order valence-corrected chi connectivity index (χ3v) is 2.76. The summed E-state index contributed by atoms with van der Waals surface area (Å²) in [5, 5.41) is 9.63. The molecule has 0 unspecified atom stereocenters. The van der Waals surface area contributed by atoms with Gasteiger partial charge in [-0.3, -0.25) is 4.79 Å². The van der Waals surface area contributed by atoms with Gasteiger partial charge in [0.25, 0.3) is 0 Å². The van der Waals surface area contributed by atoms with Crippen LogP contribution in [0.2, 0.25) is 0 Å². The zero-order chi connectivity index (χ0) is 13.0. The summed E-state index contributed by atoms with van der Waals surface area (Å²) < 4.78 is 0. The number of aromatic hydroxyl groups is 1. The fraction of sp³-hybridized carbons (Fsp3) is 0.400. The number of aryl methyl sites for hydroxylation is 1. The van der Waals surface area contributed by atoms with Gasteiger partial charge in [0.05, 0.1) is 0 Å². The van der Waals surface area contributed by atoms with Crippen LogP contribution in [0.15, 0.2) is 29.8 Å². The molecule has 17 heavy (non-hydrogen) atoms. The topological polar surface area (TPSA) is 37.3 Å². The molecule has 0 aliphatic carbocycles. The molecule has 1 N–H and O–H groups in total. The highest BCUT2D eigenvalue weighted by atomic mass is 16.3. The summed E-state index contributed by atoms with van der Waals surface area (Å²) in [5.74, 6) is 0.561. The predicted octanol–water partition coefficient (Wildman–Crippen LogP) is 3.73. The molecule has 0 radical (unpaired) electrons. The summed E-state index contributed by atoms with van der Waals surface area (Å²) in [6, 6.07) is 5.60. The molecule has 0 aliphatic rings. The van der Waals surface area contributed by atoms with Crippen molar-refractivity contribution in [1.82, 2.24) is 0 Å². The molecule has 92 valence electrons. The van der Waals surface area contributed by atoms with Crippen molar-refractivity contribution in [1.29, 1.82) is 0 Å². The summed E-state index contributed by atoms with van der Waals surface area (Å²) >= 11 is 0. The lowest BCUT2D eigenvalue weighted by Crippen LogP contribution is -2.02. The lowest BCUT2D eigenvalue weighted by atomic mass is 9.94. The van der Waals surface area contributed by atoms with Gasteiger partial charge in [-0.1, -0.05) is 24.6 Å². The number of carbonyl (C=O) groups is 1. The number of benzene rings is 1. The number of rotatable bonds is 4. The Morgan fingerprint density at radius 1 is 1.41 bits per heavy atom. The van der Waals surface area contributed by atoms with Crippen molar-refractivity contribution in [3.63, 3.8) is 0 Å².